The Balaban J connectivity index is 1.50. The molecule has 1 aromatic heterocycles. The van der Waals surface area contributed by atoms with Gasteiger partial charge < -0.3 is 15.7 Å². The second-order valence-electron chi connectivity index (χ2n) is 8.83. The highest BCUT2D eigenvalue weighted by Crippen LogP contribution is 2.38. The zero-order valence-electron chi connectivity index (χ0n) is 19.0. The number of carboxylic acids is 1. The first-order valence-corrected chi connectivity index (χ1v) is 11.5. The molecule has 3 N–H and O–H groups in total. The third-order valence-electron chi connectivity index (χ3n) is 6.33. The van der Waals surface area contributed by atoms with Gasteiger partial charge in [-0.3, -0.25) is 14.4 Å². The van der Waals surface area contributed by atoms with Gasteiger partial charge in [0, 0.05) is 42.3 Å². The van der Waals surface area contributed by atoms with E-state index in [0.29, 0.717) is 22.5 Å². The molecule has 0 unspecified atom stereocenters. The van der Waals surface area contributed by atoms with Crippen LogP contribution in [0.4, 0.5) is 11.4 Å². The Labute approximate surface area is 197 Å². The number of aryl methyl sites for hydroxylation is 1. The molecule has 1 fully saturated rings. The number of nitrogens with one attached hydrogen (secondary N) is 2. The minimum absolute atomic E-state index is 0.125. The van der Waals surface area contributed by atoms with Gasteiger partial charge in [0.15, 0.2) is 0 Å². The van der Waals surface area contributed by atoms with Crippen LogP contribution < -0.4 is 10.6 Å². The minimum atomic E-state index is -1.04. The average Bonchev–Trinajstić information content (AvgIpc) is 3.41. The van der Waals surface area contributed by atoms with E-state index in [1.165, 1.54) is 37.0 Å². The van der Waals surface area contributed by atoms with Gasteiger partial charge in [-0.15, -0.1) is 0 Å². The van der Waals surface area contributed by atoms with Crippen LogP contribution in [0.3, 0.4) is 0 Å². The molecule has 3 heterocycles. The van der Waals surface area contributed by atoms with Crippen LogP contribution >= 0.6 is 0 Å². The molecule has 2 aromatic carbocycles. The largest absolute Gasteiger partial charge is 0.478 e. The SMILES string of the molecule is Cn1cc(C(Nc2ccc(CN3CCCCC3)cc2)=C2C(=O)Nc3ccc(C(=O)O)cc32)cn1. The van der Waals surface area contributed by atoms with E-state index in [0.717, 1.165) is 30.9 Å². The molecule has 0 saturated carbocycles. The smallest absolute Gasteiger partial charge is 0.335 e. The van der Waals surface area contributed by atoms with Gasteiger partial charge in [-0.2, -0.15) is 5.10 Å². The predicted octanol–water partition coefficient (Wildman–Crippen LogP) is 4.04. The van der Waals surface area contributed by atoms with Crippen molar-refractivity contribution in [1.82, 2.24) is 14.7 Å². The highest BCUT2D eigenvalue weighted by atomic mass is 16.4. The van der Waals surface area contributed by atoms with E-state index in [2.05, 4.69) is 32.8 Å². The third-order valence-corrected chi connectivity index (χ3v) is 6.33. The summed E-state index contributed by atoms with van der Waals surface area (Å²) in [6.45, 7) is 3.22. The van der Waals surface area contributed by atoms with Crippen molar-refractivity contribution in [3.05, 3.63) is 77.1 Å². The zero-order valence-corrected chi connectivity index (χ0v) is 19.0. The first-order chi connectivity index (χ1) is 16.5. The monoisotopic (exact) mass is 457 g/mol. The number of hydrogen-bond donors (Lipinski definition) is 3. The Morgan fingerprint density at radius 1 is 1.09 bits per heavy atom. The lowest BCUT2D eigenvalue weighted by atomic mass is 9.99. The molecular formula is C26H27N5O3. The fourth-order valence-electron chi connectivity index (χ4n) is 4.59. The summed E-state index contributed by atoms with van der Waals surface area (Å²) in [4.78, 5) is 27.0. The number of amides is 1. The van der Waals surface area contributed by atoms with Gasteiger partial charge >= 0.3 is 5.97 Å². The van der Waals surface area contributed by atoms with Crippen LogP contribution in [-0.2, 0) is 18.4 Å². The van der Waals surface area contributed by atoms with Gasteiger partial charge in [-0.25, -0.2) is 4.79 Å². The number of carbonyl (C=O) groups excluding carboxylic acids is 1. The summed E-state index contributed by atoms with van der Waals surface area (Å²) in [6, 6.07) is 12.9. The second-order valence-corrected chi connectivity index (χ2v) is 8.83. The molecule has 3 aromatic rings. The molecule has 0 aliphatic carbocycles. The van der Waals surface area contributed by atoms with Crippen LogP contribution in [0.5, 0.6) is 0 Å². The molecular weight excluding hydrogens is 430 g/mol. The van der Waals surface area contributed by atoms with E-state index in [1.54, 1.807) is 16.9 Å². The summed E-state index contributed by atoms with van der Waals surface area (Å²) in [7, 11) is 1.81. The van der Waals surface area contributed by atoms with E-state index in [-0.39, 0.29) is 11.5 Å². The maximum atomic E-state index is 13.0. The van der Waals surface area contributed by atoms with Crippen LogP contribution in [-0.4, -0.2) is 44.8 Å². The van der Waals surface area contributed by atoms with Crippen molar-refractivity contribution in [1.29, 1.82) is 0 Å². The average molecular weight is 458 g/mol. The van der Waals surface area contributed by atoms with Crippen molar-refractivity contribution >= 4 is 34.5 Å². The summed E-state index contributed by atoms with van der Waals surface area (Å²) in [5.74, 6) is -1.33. The lowest BCUT2D eigenvalue weighted by Crippen LogP contribution is -2.29. The first kappa shape index (κ1) is 21.9. The number of piperidine rings is 1. The van der Waals surface area contributed by atoms with Crippen LogP contribution in [0, 0.1) is 0 Å². The zero-order chi connectivity index (χ0) is 23.7. The van der Waals surface area contributed by atoms with Crippen LogP contribution in [0.15, 0.2) is 54.9 Å². The van der Waals surface area contributed by atoms with Crippen molar-refractivity contribution in [2.24, 2.45) is 7.05 Å². The molecule has 5 rings (SSSR count). The van der Waals surface area contributed by atoms with E-state index in [9.17, 15) is 14.7 Å². The van der Waals surface area contributed by atoms with E-state index in [1.807, 2.05) is 25.4 Å². The van der Waals surface area contributed by atoms with Gasteiger partial charge in [0.2, 0.25) is 0 Å². The summed E-state index contributed by atoms with van der Waals surface area (Å²) < 4.78 is 1.67. The Bertz CT molecular complexity index is 1270. The summed E-state index contributed by atoms with van der Waals surface area (Å²) >= 11 is 0. The molecule has 8 nitrogen and oxygen atoms in total. The van der Waals surface area contributed by atoms with E-state index in [4.69, 9.17) is 0 Å². The molecule has 0 radical (unpaired) electrons. The first-order valence-electron chi connectivity index (χ1n) is 11.5. The Kier molecular flexibility index (Phi) is 5.90. The Hall–Kier alpha value is -3.91. The molecule has 174 valence electrons. The van der Waals surface area contributed by atoms with Crippen molar-refractivity contribution < 1.29 is 14.7 Å². The number of carbonyl (C=O) groups is 2. The van der Waals surface area contributed by atoms with Crippen molar-refractivity contribution in [2.75, 3.05) is 23.7 Å². The molecule has 2 aliphatic heterocycles. The molecule has 1 saturated heterocycles. The minimum Gasteiger partial charge on any atom is -0.478 e. The molecule has 34 heavy (non-hydrogen) atoms. The molecule has 1 amide bonds. The number of rotatable bonds is 6. The summed E-state index contributed by atoms with van der Waals surface area (Å²) in [5.41, 5.74) is 5.06. The topological polar surface area (TPSA) is 99.5 Å². The van der Waals surface area contributed by atoms with Crippen molar-refractivity contribution in [3.8, 4) is 0 Å². The molecule has 0 atom stereocenters. The quantitative estimate of drug-likeness (QED) is 0.483. The Morgan fingerprint density at radius 3 is 2.53 bits per heavy atom. The van der Waals surface area contributed by atoms with E-state index < -0.39 is 5.97 Å². The maximum absolute atomic E-state index is 13.0. The van der Waals surface area contributed by atoms with Gasteiger partial charge in [-0.1, -0.05) is 18.6 Å². The van der Waals surface area contributed by atoms with Crippen LogP contribution in [0.25, 0.3) is 11.3 Å². The van der Waals surface area contributed by atoms with Crippen LogP contribution in [0.2, 0.25) is 0 Å². The highest BCUT2D eigenvalue weighted by molar-refractivity contribution is 6.37. The lowest BCUT2D eigenvalue weighted by molar-refractivity contribution is -0.110. The van der Waals surface area contributed by atoms with Crippen molar-refractivity contribution in [3.63, 3.8) is 0 Å². The number of anilines is 2. The van der Waals surface area contributed by atoms with Gasteiger partial charge in [0.05, 0.1) is 23.0 Å². The van der Waals surface area contributed by atoms with Gasteiger partial charge in [-0.05, 0) is 61.8 Å². The normalized spacial score (nSPS) is 17.3. The van der Waals surface area contributed by atoms with Crippen LogP contribution in [0.1, 0.15) is 46.3 Å². The third kappa shape index (κ3) is 4.45. The number of aromatic carboxylic acids is 1. The number of likely N-dealkylation sites (tertiary alicyclic amines) is 1. The van der Waals surface area contributed by atoms with Gasteiger partial charge in [0.25, 0.3) is 5.91 Å². The summed E-state index contributed by atoms with van der Waals surface area (Å²) in [5, 5.41) is 20.0. The number of aromatic nitrogens is 2. The number of fused-ring (bicyclic) bond motifs is 1. The highest BCUT2D eigenvalue weighted by Gasteiger charge is 2.30. The van der Waals surface area contributed by atoms with E-state index >= 15 is 0 Å². The fraction of sp³-hybridized carbons (Fsp3) is 0.269. The standard InChI is InChI=1S/C26H27N5O3/c1-30-16-19(14-27-30)24(23-21-13-18(26(33)34)7-10-22(21)29-25(23)32)28-20-8-5-17(6-9-20)15-31-11-3-2-4-12-31/h5-10,13-14,16,28H,2-4,11-12,15H2,1H3,(H,29,32)(H,33,34). The second kappa shape index (κ2) is 9.15. The van der Waals surface area contributed by atoms with Crippen molar-refractivity contribution in [2.45, 2.75) is 25.8 Å². The maximum Gasteiger partial charge on any atom is 0.335 e. The molecule has 8 heteroatoms. The number of carboxylic acid groups (broad SMARTS) is 1. The molecule has 2 aliphatic rings. The molecule has 0 spiro atoms. The fourth-order valence-corrected chi connectivity index (χ4v) is 4.59. The number of hydrogen-bond acceptors (Lipinski definition) is 5. The molecule has 0 bridgehead atoms. The summed E-state index contributed by atoms with van der Waals surface area (Å²) in [6.07, 6.45) is 7.35. The number of nitrogens with zero attached hydrogens (tertiary/aromatic N) is 3. The number of benzene rings is 2. The Morgan fingerprint density at radius 2 is 1.85 bits per heavy atom. The lowest BCUT2D eigenvalue weighted by Gasteiger charge is -2.26. The predicted molar refractivity (Wildman–Crippen MR) is 131 cm³/mol. The van der Waals surface area contributed by atoms with Gasteiger partial charge in [0.1, 0.15) is 0 Å².